The molecule has 30 heavy (non-hydrogen) atoms. The van der Waals surface area contributed by atoms with Gasteiger partial charge in [-0.15, -0.1) is 0 Å². The molecule has 1 aromatic carbocycles. The predicted octanol–water partition coefficient (Wildman–Crippen LogP) is 3.25. The molecule has 0 bridgehead atoms. The molecule has 7 nitrogen and oxygen atoms in total. The number of carbonyl (C=O) groups excluding carboxylic acids is 1. The lowest BCUT2D eigenvalue weighted by Crippen LogP contribution is -2.38. The fourth-order valence-corrected chi connectivity index (χ4v) is 4.26. The Morgan fingerprint density at radius 2 is 1.93 bits per heavy atom. The molecule has 0 saturated heterocycles. The van der Waals surface area contributed by atoms with Gasteiger partial charge in [-0.3, -0.25) is 9.48 Å². The van der Waals surface area contributed by atoms with Crippen molar-refractivity contribution >= 4 is 21.4 Å². The zero-order chi connectivity index (χ0) is 22.2. The van der Waals surface area contributed by atoms with Crippen LogP contribution in [0, 0.1) is 0 Å². The number of anilines is 1. The molecule has 0 aliphatic heterocycles. The largest absolute Gasteiger partial charge is 0.420 e. The average molecular weight is 445 g/mol. The van der Waals surface area contributed by atoms with Crippen LogP contribution in [0.15, 0.2) is 35.4 Å². The minimum atomic E-state index is -4.82. The van der Waals surface area contributed by atoms with Gasteiger partial charge >= 0.3 is 6.18 Å². The highest BCUT2D eigenvalue weighted by atomic mass is 32.2. The molecule has 0 spiro atoms. The van der Waals surface area contributed by atoms with Crippen molar-refractivity contribution in [3.63, 3.8) is 0 Å². The molecule has 0 unspecified atom stereocenters. The molecule has 1 saturated carbocycles. The number of hydrogen-bond acceptors (Lipinski definition) is 5. The van der Waals surface area contributed by atoms with Crippen LogP contribution in [0.25, 0.3) is 0 Å². The van der Waals surface area contributed by atoms with Crippen molar-refractivity contribution < 1.29 is 31.5 Å². The molecule has 1 amide bonds. The van der Waals surface area contributed by atoms with E-state index < -0.39 is 38.8 Å². The number of rotatable bonds is 5. The van der Waals surface area contributed by atoms with E-state index in [9.17, 15) is 31.5 Å². The van der Waals surface area contributed by atoms with Crippen LogP contribution in [0.2, 0.25) is 0 Å². The van der Waals surface area contributed by atoms with Gasteiger partial charge in [-0.05, 0) is 31.0 Å². The summed E-state index contributed by atoms with van der Waals surface area (Å²) in [6, 6.07) is 5.22. The van der Waals surface area contributed by atoms with Crippen molar-refractivity contribution in [3.8, 4) is 0 Å². The predicted molar refractivity (Wildman–Crippen MR) is 103 cm³/mol. The first-order valence-corrected chi connectivity index (χ1v) is 11.3. The van der Waals surface area contributed by atoms with Crippen molar-refractivity contribution in [2.75, 3.05) is 11.6 Å². The second-order valence-corrected chi connectivity index (χ2v) is 9.62. The smallest absolute Gasteiger partial charge is 0.388 e. The standard InChI is InChI=1S/C19H22F3N3O4S/c1-30(28,29)14-7-5-6-13(10-14)24-17(26)16-15(19(20,21)22)11-23-25(16)12-18(27)8-3-2-4-9-18/h5-7,10-11,27H,2-4,8-9,12H2,1H3,(H,24,26). The Morgan fingerprint density at radius 1 is 1.27 bits per heavy atom. The number of carbonyl (C=O) groups is 1. The molecule has 1 aromatic heterocycles. The molecule has 1 heterocycles. The number of hydrogen-bond donors (Lipinski definition) is 2. The zero-order valence-electron chi connectivity index (χ0n) is 16.2. The molecule has 1 aliphatic rings. The maximum absolute atomic E-state index is 13.5. The van der Waals surface area contributed by atoms with E-state index in [0.717, 1.165) is 36.3 Å². The van der Waals surface area contributed by atoms with Crippen LogP contribution in [-0.2, 0) is 22.6 Å². The van der Waals surface area contributed by atoms with E-state index in [2.05, 4.69) is 10.4 Å². The zero-order valence-corrected chi connectivity index (χ0v) is 17.1. The molecule has 0 atom stereocenters. The van der Waals surface area contributed by atoms with Gasteiger partial charge in [0.05, 0.1) is 23.2 Å². The monoisotopic (exact) mass is 445 g/mol. The molecule has 1 fully saturated rings. The highest BCUT2D eigenvalue weighted by Crippen LogP contribution is 2.35. The lowest BCUT2D eigenvalue weighted by atomic mass is 9.85. The second kappa shape index (κ2) is 8.03. The van der Waals surface area contributed by atoms with Crippen LogP contribution in [0.5, 0.6) is 0 Å². The lowest BCUT2D eigenvalue weighted by molar-refractivity contribution is -0.138. The maximum Gasteiger partial charge on any atom is 0.420 e. The Labute approximate surface area is 171 Å². The molecule has 3 rings (SSSR count). The van der Waals surface area contributed by atoms with Crippen LogP contribution in [0.4, 0.5) is 18.9 Å². The lowest BCUT2D eigenvalue weighted by Gasteiger charge is -2.32. The third-order valence-corrected chi connectivity index (χ3v) is 6.22. The van der Waals surface area contributed by atoms with E-state index in [0.29, 0.717) is 19.0 Å². The van der Waals surface area contributed by atoms with Crippen LogP contribution in [-0.4, -0.2) is 41.1 Å². The summed E-state index contributed by atoms with van der Waals surface area (Å²) in [5.74, 6) is -1.09. The van der Waals surface area contributed by atoms with Gasteiger partial charge in [0.15, 0.2) is 9.84 Å². The number of nitrogens with zero attached hydrogens (tertiary/aromatic N) is 2. The Hall–Kier alpha value is -2.40. The molecule has 164 valence electrons. The average Bonchev–Trinajstić information content (AvgIpc) is 3.05. The minimum Gasteiger partial charge on any atom is -0.388 e. The summed E-state index contributed by atoms with van der Waals surface area (Å²) >= 11 is 0. The minimum absolute atomic E-state index is 0.0279. The first kappa shape index (κ1) is 22.3. The van der Waals surface area contributed by atoms with Crippen LogP contribution < -0.4 is 5.32 Å². The SMILES string of the molecule is CS(=O)(=O)c1cccc(NC(=O)c2c(C(F)(F)F)cnn2CC2(O)CCCCC2)c1. The summed E-state index contributed by atoms with van der Waals surface area (Å²) in [6.07, 6.45) is -0.0532. The molecule has 0 radical (unpaired) electrons. The van der Waals surface area contributed by atoms with E-state index in [1.807, 2.05) is 0 Å². The van der Waals surface area contributed by atoms with Gasteiger partial charge in [-0.2, -0.15) is 18.3 Å². The molecular weight excluding hydrogens is 423 g/mol. The Bertz CT molecular complexity index is 1040. The summed E-state index contributed by atoms with van der Waals surface area (Å²) in [5.41, 5.74) is -3.16. The van der Waals surface area contributed by atoms with E-state index in [1.54, 1.807) is 0 Å². The normalized spacial score (nSPS) is 17.0. The number of aromatic nitrogens is 2. The molecule has 1 aliphatic carbocycles. The molecular formula is C19H22F3N3O4S. The third kappa shape index (κ3) is 5.01. The van der Waals surface area contributed by atoms with E-state index in [-0.39, 0.29) is 17.1 Å². The third-order valence-electron chi connectivity index (χ3n) is 5.11. The number of alkyl halides is 3. The fraction of sp³-hybridized carbons (Fsp3) is 0.474. The molecule has 2 aromatic rings. The topological polar surface area (TPSA) is 101 Å². The summed E-state index contributed by atoms with van der Waals surface area (Å²) in [4.78, 5) is 12.7. The summed E-state index contributed by atoms with van der Waals surface area (Å²) in [5, 5.41) is 16.8. The molecule has 11 heteroatoms. The van der Waals surface area contributed by atoms with Crippen LogP contribution >= 0.6 is 0 Å². The van der Waals surface area contributed by atoms with Gasteiger partial charge in [0, 0.05) is 11.9 Å². The number of sulfone groups is 1. The van der Waals surface area contributed by atoms with Crippen molar-refractivity contribution in [2.45, 2.75) is 55.3 Å². The summed E-state index contributed by atoms with van der Waals surface area (Å²) in [7, 11) is -3.56. The maximum atomic E-state index is 13.5. The second-order valence-electron chi connectivity index (χ2n) is 7.60. The van der Waals surface area contributed by atoms with Gasteiger partial charge in [0.25, 0.3) is 5.91 Å². The fourth-order valence-electron chi connectivity index (χ4n) is 3.59. The van der Waals surface area contributed by atoms with E-state index in [1.165, 1.54) is 18.2 Å². The number of halogens is 3. The van der Waals surface area contributed by atoms with E-state index >= 15 is 0 Å². The Kier molecular flexibility index (Phi) is 5.96. The Morgan fingerprint density at radius 3 is 2.53 bits per heavy atom. The number of aliphatic hydroxyl groups is 1. The van der Waals surface area contributed by atoms with Crippen molar-refractivity contribution in [3.05, 3.63) is 41.7 Å². The van der Waals surface area contributed by atoms with Gasteiger partial charge in [-0.25, -0.2) is 8.42 Å². The van der Waals surface area contributed by atoms with Gasteiger partial charge in [-0.1, -0.05) is 25.3 Å². The first-order valence-electron chi connectivity index (χ1n) is 9.36. The van der Waals surface area contributed by atoms with Gasteiger partial charge in [0.2, 0.25) is 0 Å². The summed E-state index contributed by atoms with van der Waals surface area (Å²) < 4.78 is 64.7. The van der Waals surface area contributed by atoms with Crippen molar-refractivity contribution in [1.82, 2.24) is 9.78 Å². The highest BCUT2D eigenvalue weighted by Gasteiger charge is 2.40. The van der Waals surface area contributed by atoms with Gasteiger partial charge < -0.3 is 10.4 Å². The number of amides is 1. The first-order chi connectivity index (χ1) is 13.9. The quantitative estimate of drug-likeness (QED) is 0.736. The van der Waals surface area contributed by atoms with Gasteiger partial charge in [0.1, 0.15) is 11.3 Å². The molecule has 2 N–H and O–H groups in total. The summed E-state index contributed by atoms with van der Waals surface area (Å²) in [6.45, 7) is -0.241. The van der Waals surface area contributed by atoms with Crippen molar-refractivity contribution in [2.24, 2.45) is 0 Å². The Balaban J connectivity index is 1.95. The van der Waals surface area contributed by atoms with Crippen LogP contribution in [0.1, 0.15) is 48.2 Å². The number of benzene rings is 1. The van der Waals surface area contributed by atoms with Crippen molar-refractivity contribution in [1.29, 1.82) is 0 Å². The van der Waals surface area contributed by atoms with E-state index in [4.69, 9.17) is 0 Å². The van der Waals surface area contributed by atoms with Crippen LogP contribution in [0.3, 0.4) is 0 Å². The highest BCUT2D eigenvalue weighted by molar-refractivity contribution is 7.90. The number of nitrogens with one attached hydrogen (secondary N) is 1.